The van der Waals surface area contributed by atoms with E-state index in [1.807, 2.05) is 0 Å². The number of fused-ring (bicyclic) bond motifs is 12. The second-order valence-electron chi connectivity index (χ2n) is 16.2. The van der Waals surface area contributed by atoms with Crippen molar-refractivity contribution in [3.8, 4) is 50.2 Å². The van der Waals surface area contributed by atoms with Gasteiger partial charge in [0.05, 0.1) is 22.1 Å². The molecule has 0 spiro atoms. The van der Waals surface area contributed by atoms with Crippen molar-refractivity contribution in [2.24, 2.45) is 0 Å². The summed E-state index contributed by atoms with van der Waals surface area (Å²) in [6.45, 7) is 4.74. The fourth-order valence-electron chi connectivity index (χ4n) is 9.77. The molecule has 1 aliphatic carbocycles. The molecule has 0 amide bonds. The smallest absolute Gasteiger partial charge is 0.0971 e. The molecule has 0 fully saturated rings. The van der Waals surface area contributed by atoms with E-state index in [0.29, 0.717) is 0 Å². The van der Waals surface area contributed by atoms with E-state index in [-0.39, 0.29) is 5.41 Å². The molecular formula is C55H37N3. The molecule has 3 nitrogen and oxygen atoms in total. The average Bonchev–Trinajstić information content (AvgIpc) is 3.74. The van der Waals surface area contributed by atoms with Gasteiger partial charge in [0.2, 0.25) is 0 Å². The van der Waals surface area contributed by atoms with Crippen LogP contribution in [0.3, 0.4) is 0 Å². The lowest BCUT2D eigenvalue weighted by molar-refractivity contribution is 0.661. The van der Waals surface area contributed by atoms with Crippen LogP contribution in [0, 0.1) is 0 Å². The second kappa shape index (κ2) is 12.3. The topological polar surface area (TPSA) is 30.7 Å². The Bertz CT molecular complexity index is 3370. The lowest BCUT2D eigenvalue weighted by atomic mass is 9.80. The number of hydrogen-bond acceptors (Lipinski definition) is 2. The molecule has 272 valence electrons. The number of aromatic nitrogens is 3. The highest BCUT2D eigenvalue weighted by Crippen LogP contribution is 2.51. The van der Waals surface area contributed by atoms with E-state index in [1.165, 1.54) is 93.9 Å². The fraction of sp³-hybridized carbons (Fsp3) is 0.0545. The highest BCUT2D eigenvalue weighted by molar-refractivity contribution is 6.23. The minimum Gasteiger partial charge on any atom is -0.309 e. The summed E-state index contributed by atoms with van der Waals surface area (Å²) in [5, 5.41) is 7.24. The monoisotopic (exact) mass is 739 g/mol. The van der Waals surface area contributed by atoms with E-state index in [9.17, 15) is 0 Å². The number of benzene rings is 9. The summed E-state index contributed by atoms with van der Waals surface area (Å²) in [6, 6.07) is 64.8. The maximum atomic E-state index is 4.76. The van der Waals surface area contributed by atoms with E-state index in [0.717, 1.165) is 21.8 Å². The van der Waals surface area contributed by atoms with Gasteiger partial charge in [-0.1, -0.05) is 147 Å². The standard InChI is InChI=1S/C55H37N3/c1-55(2)49-32-38(36-17-15-34(16-18-36)35-19-24-40(25-20-35)58-51-13-7-5-10-44(51)45-11-6-8-14-52(45)58)21-26-42(49)43-27-22-39(33-50(43)55)37-23-28-47-48(31-37)41-9-3-4-12-46(41)53-54(47)57-30-29-56-53/h3-33H,1-2H3. The number of para-hydroxylation sites is 2. The summed E-state index contributed by atoms with van der Waals surface area (Å²) in [5.74, 6) is 0. The summed E-state index contributed by atoms with van der Waals surface area (Å²) >= 11 is 0. The quantitative estimate of drug-likeness (QED) is 0.168. The number of nitrogens with zero attached hydrogens (tertiary/aromatic N) is 3. The summed E-state index contributed by atoms with van der Waals surface area (Å²) in [6.07, 6.45) is 3.57. The van der Waals surface area contributed by atoms with Crippen LogP contribution in [0.4, 0.5) is 0 Å². The molecule has 3 heteroatoms. The Kier molecular flexibility index (Phi) is 6.98. The molecule has 0 saturated heterocycles. The van der Waals surface area contributed by atoms with Crippen molar-refractivity contribution >= 4 is 54.4 Å². The molecule has 0 radical (unpaired) electrons. The zero-order valence-electron chi connectivity index (χ0n) is 32.2. The van der Waals surface area contributed by atoms with Gasteiger partial charge in [-0.25, -0.2) is 0 Å². The predicted molar refractivity (Wildman–Crippen MR) is 243 cm³/mol. The molecule has 9 aromatic carbocycles. The zero-order valence-corrected chi connectivity index (χ0v) is 32.2. The van der Waals surface area contributed by atoms with Crippen molar-refractivity contribution in [1.29, 1.82) is 0 Å². The average molecular weight is 740 g/mol. The minimum absolute atomic E-state index is 0.149. The Balaban J connectivity index is 0.853. The van der Waals surface area contributed by atoms with Crippen LogP contribution in [0.2, 0.25) is 0 Å². The summed E-state index contributed by atoms with van der Waals surface area (Å²) in [7, 11) is 0. The van der Waals surface area contributed by atoms with Crippen LogP contribution in [-0.2, 0) is 5.41 Å². The lowest BCUT2D eigenvalue weighted by Crippen LogP contribution is -2.15. The van der Waals surface area contributed by atoms with Gasteiger partial charge in [-0.05, 0) is 109 Å². The Morgan fingerprint density at radius 3 is 1.36 bits per heavy atom. The molecule has 1 aliphatic rings. The Hall–Kier alpha value is -7.36. The van der Waals surface area contributed by atoms with E-state index >= 15 is 0 Å². The first kappa shape index (κ1) is 32.8. The van der Waals surface area contributed by atoms with Gasteiger partial charge in [0.15, 0.2) is 0 Å². The molecule has 0 aliphatic heterocycles. The van der Waals surface area contributed by atoms with Gasteiger partial charge in [-0.2, -0.15) is 0 Å². The molecule has 2 aromatic heterocycles. The zero-order chi connectivity index (χ0) is 38.5. The van der Waals surface area contributed by atoms with Crippen molar-refractivity contribution in [2.75, 3.05) is 0 Å². The summed E-state index contributed by atoms with van der Waals surface area (Å²) in [5.41, 5.74) is 18.1. The largest absolute Gasteiger partial charge is 0.309 e. The molecule has 0 saturated carbocycles. The Morgan fingerprint density at radius 1 is 0.362 bits per heavy atom. The number of hydrogen-bond donors (Lipinski definition) is 0. The molecule has 2 heterocycles. The van der Waals surface area contributed by atoms with Crippen molar-refractivity contribution in [1.82, 2.24) is 14.5 Å². The van der Waals surface area contributed by atoms with E-state index in [1.54, 1.807) is 12.4 Å². The molecule has 0 N–H and O–H groups in total. The first-order chi connectivity index (χ1) is 28.5. The third kappa shape index (κ3) is 4.80. The maximum Gasteiger partial charge on any atom is 0.0971 e. The molecule has 0 atom stereocenters. The Morgan fingerprint density at radius 2 is 0.776 bits per heavy atom. The SMILES string of the molecule is CC1(C)c2cc(-c3ccc(-c4ccc(-n5c6ccccc6c6ccccc65)cc4)cc3)ccc2-c2ccc(-c3ccc4c(c3)c3ccccc3c3nccnc43)cc21. The van der Waals surface area contributed by atoms with Gasteiger partial charge < -0.3 is 4.57 Å². The van der Waals surface area contributed by atoms with Gasteiger partial charge in [0.25, 0.3) is 0 Å². The fourth-order valence-corrected chi connectivity index (χ4v) is 9.77. The second-order valence-corrected chi connectivity index (χ2v) is 16.2. The van der Waals surface area contributed by atoms with Crippen LogP contribution in [0.1, 0.15) is 25.0 Å². The van der Waals surface area contributed by atoms with Crippen LogP contribution >= 0.6 is 0 Å². The first-order valence-electron chi connectivity index (χ1n) is 20.1. The maximum absolute atomic E-state index is 4.76. The van der Waals surface area contributed by atoms with Crippen LogP contribution in [0.25, 0.3) is 105 Å². The van der Waals surface area contributed by atoms with E-state index in [4.69, 9.17) is 9.97 Å². The molecular weight excluding hydrogens is 703 g/mol. The van der Waals surface area contributed by atoms with Crippen LogP contribution in [0.5, 0.6) is 0 Å². The third-order valence-corrected chi connectivity index (χ3v) is 12.7. The molecule has 0 bridgehead atoms. The Labute approximate surface area is 336 Å². The number of rotatable bonds is 4. The highest BCUT2D eigenvalue weighted by Gasteiger charge is 2.36. The normalized spacial score (nSPS) is 13.1. The lowest BCUT2D eigenvalue weighted by Gasteiger charge is -2.23. The minimum atomic E-state index is -0.149. The summed E-state index contributed by atoms with van der Waals surface area (Å²) in [4.78, 5) is 9.48. The van der Waals surface area contributed by atoms with Gasteiger partial charge >= 0.3 is 0 Å². The van der Waals surface area contributed by atoms with Gasteiger partial charge in [0, 0.05) is 45.0 Å². The highest BCUT2D eigenvalue weighted by atomic mass is 15.0. The molecule has 11 aromatic rings. The molecule has 12 rings (SSSR count). The first-order valence-corrected chi connectivity index (χ1v) is 20.1. The molecule has 0 unspecified atom stereocenters. The van der Waals surface area contributed by atoms with Crippen molar-refractivity contribution in [2.45, 2.75) is 19.3 Å². The van der Waals surface area contributed by atoms with Crippen LogP contribution in [0.15, 0.2) is 188 Å². The van der Waals surface area contributed by atoms with Crippen molar-refractivity contribution in [3.63, 3.8) is 0 Å². The van der Waals surface area contributed by atoms with Gasteiger partial charge in [-0.3, -0.25) is 9.97 Å². The van der Waals surface area contributed by atoms with Crippen LogP contribution in [-0.4, -0.2) is 14.5 Å². The van der Waals surface area contributed by atoms with E-state index in [2.05, 4.69) is 194 Å². The molecule has 58 heavy (non-hydrogen) atoms. The van der Waals surface area contributed by atoms with Crippen LogP contribution < -0.4 is 0 Å². The van der Waals surface area contributed by atoms with Crippen molar-refractivity contribution in [3.05, 3.63) is 199 Å². The van der Waals surface area contributed by atoms with E-state index < -0.39 is 0 Å². The van der Waals surface area contributed by atoms with Gasteiger partial charge in [-0.15, -0.1) is 0 Å². The summed E-state index contributed by atoms with van der Waals surface area (Å²) < 4.78 is 2.37. The van der Waals surface area contributed by atoms with Gasteiger partial charge in [0.1, 0.15) is 0 Å². The predicted octanol–water partition coefficient (Wildman–Crippen LogP) is 14.3. The third-order valence-electron chi connectivity index (χ3n) is 12.7. The van der Waals surface area contributed by atoms with Crippen molar-refractivity contribution < 1.29 is 0 Å².